The van der Waals surface area contributed by atoms with Gasteiger partial charge in [-0.05, 0) is 35.1 Å². The first kappa shape index (κ1) is 28.1. The second-order valence-electron chi connectivity index (χ2n) is 8.53. The summed E-state index contributed by atoms with van der Waals surface area (Å²) >= 11 is 0. The van der Waals surface area contributed by atoms with E-state index >= 15 is 0 Å². The standard InChI is InChI=1S/C23H31N4O7P/c1-15(2)11-21(27(35(32,33)34)14-25-16(3)28)22(29)26-20(23(30)31)12-17-6-8-18(9-7-17)19-5-4-10-24-13-19/h4-10,13,15,20-21H,11-12,14H2,1-3H3,(H,25,28)(H,26,29)(H,30,31)(H2,32,33,34). The second kappa shape index (κ2) is 12.6. The summed E-state index contributed by atoms with van der Waals surface area (Å²) in [6.45, 7) is 4.12. The van der Waals surface area contributed by atoms with E-state index in [0.29, 0.717) is 10.2 Å². The third-order valence-corrected chi connectivity index (χ3v) is 6.27. The number of hydrogen-bond donors (Lipinski definition) is 5. The van der Waals surface area contributed by atoms with Crippen molar-refractivity contribution in [3.05, 3.63) is 54.4 Å². The average molecular weight is 506 g/mol. The number of carbonyl (C=O) groups excluding carboxylic acids is 2. The first-order valence-corrected chi connectivity index (χ1v) is 12.5. The van der Waals surface area contributed by atoms with Gasteiger partial charge in [-0.3, -0.25) is 14.6 Å². The molecule has 0 aliphatic carbocycles. The largest absolute Gasteiger partial charge is 0.480 e. The number of nitrogens with one attached hydrogen (secondary N) is 2. The van der Waals surface area contributed by atoms with E-state index in [1.807, 2.05) is 18.2 Å². The van der Waals surface area contributed by atoms with E-state index in [2.05, 4.69) is 15.6 Å². The van der Waals surface area contributed by atoms with Gasteiger partial charge in [-0.1, -0.05) is 44.2 Å². The van der Waals surface area contributed by atoms with Gasteiger partial charge in [-0.2, -0.15) is 4.67 Å². The Hall–Kier alpha value is -3.11. The van der Waals surface area contributed by atoms with E-state index in [-0.39, 0.29) is 18.8 Å². The van der Waals surface area contributed by atoms with Crippen LogP contribution in [0.25, 0.3) is 11.1 Å². The summed E-state index contributed by atoms with van der Waals surface area (Å²) in [5, 5.41) is 14.4. The molecule has 0 radical (unpaired) electrons. The van der Waals surface area contributed by atoms with Gasteiger partial charge in [-0.25, -0.2) is 9.36 Å². The predicted molar refractivity (Wildman–Crippen MR) is 129 cm³/mol. The minimum absolute atomic E-state index is 0.0304. The fourth-order valence-electron chi connectivity index (χ4n) is 3.46. The molecule has 35 heavy (non-hydrogen) atoms. The lowest BCUT2D eigenvalue weighted by atomic mass is 10.00. The van der Waals surface area contributed by atoms with Gasteiger partial charge in [-0.15, -0.1) is 0 Å². The topological polar surface area (TPSA) is 169 Å². The molecule has 0 saturated carbocycles. The van der Waals surface area contributed by atoms with Crippen LogP contribution >= 0.6 is 7.75 Å². The molecule has 0 aliphatic heterocycles. The molecule has 0 aliphatic rings. The lowest BCUT2D eigenvalue weighted by Crippen LogP contribution is -2.53. The van der Waals surface area contributed by atoms with Gasteiger partial charge < -0.3 is 25.5 Å². The monoisotopic (exact) mass is 506 g/mol. The van der Waals surface area contributed by atoms with Crippen LogP contribution in [0.5, 0.6) is 0 Å². The Kier molecular flexibility index (Phi) is 10.1. The molecule has 0 bridgehead atoms. The highest BCUT2D eigenvalue weighted by Gasteiger charge is 2.38. The third kappa shape index (κ3) is 8.88. The van der Waals surface area contributed by atoms with Crippen LogP contribution in [0.3, 0.4) is 0 Å². The van der Waals surface area contributed by atoms with E-state index in [9.17, 15) is 33.8 Å². The van der Waals surface area contributed by atoms with Gasteiger partial charge in [0.05, 0.1) is 6.67 Å². The number of aromatic nitrogens is 1. The lowest BCUT2D eigenvalue weighted by Gasteiger charge is -2.32. The molecule has 5 N–H and O–H groups in total. The number of carbonyl (C=O) groups is 3. The maximum Gasteiger partial charge on any atom is 0.405 e. The highest BCUT2D eigenvalue weighted by atomic mass is 31.2. The molecule has 1 heterocycles. The van der Waals surface area contributed by atoms with Crippen LogP contribution in [0.15, 0.2) is 48.8 Å². The zero-order chi connectivity index (χ0) is 26.2. The molecule has 11 nitrogen and oxygen atoms in total. The second-order valence-corrected chi connectivity index (χ2v) is 10.1. The van der Waals surface area contributed by atoms with E-state index < -0.39 is 44.3 Å². The number of amides is 2. The normalized spacial score (nSPS) is 13.3. The van der Waals surface area contributed by atoms with Gasteiger partial charge in [0, 0.05) is 25.7 Å². The number of hydrogen-bond acceptors (Lipinski definition) is 5. The highest BCUT2D eigenvalue weighted by molar-refractivity contribution is 7.49. The average Bonchev–Trinajstić information content (AvgIpc) is 2.77. The summed E-state index contributed by atoms with van der Waals surface area (Å²) in [5.74, 6) is -2.83. The van der Waals surface area contributed by atoms with Gasteiger partial charge in [0.1, 0.15) is 12.1 Å². The predicted octanol–water partition coefficient (Wildman–Crippen LogP) is 1.76. The minimum Gasteiger partial charge on any atom is -0.480 e. The number of carboxylic acids is 1. The minimum atomic E-state index is -4.96. The van der Waals surface area contributed by atoms with Crippen LogP contribution in [-0.2, 0) is 25.4 Å². The molecule has 1 aromatic heterocycles. The summed E-state index contributed by atoms with van der Waals surface area (Å²) < 4.78 is 12.7. The fourth-order valence-corrected chi connectivity index (χ4v) is 4.27. The number of rotatable bonds is 12. The van der Waals surface area contributed by atoms with Crippen LogP contribution < -0.4 is 10.6 Å². The SMILES string of the molecule is CC(=O)NCN(C(CC(C)C)C(=O)NC(Cc1ccc(-c2cccnc2)cc1)C(=O)O)P(=O)(O)O. The molecular weight excluding hydrogens is 475 g/mol. The summed E-state index contributed by atoms with van der Waals surface area (Å²) in [4.78, 5) is 60.0. The van der Waals surface area contributed by atoms with Gasteiger partial charge >= 0.3 is 13.7 Å². The molecule has 0 fully saturated rings. The maximum atomic E-state index is 13.1. The Morgan fingerprint density at radius 2 is 1.74 bits per heavy atom. The van der Waals surface area contributed by atoms with E-state index in [4.69, 9.17) is 0 Å². The van der Waals surface area contributed by atoms with Crippen molar-refractivity contribution in [2.45, 2.75) is 45.7 Å². The molecular formula is C23H31N4O7P. The highest BCUT2D eigenvalue weighted by Crippen LogP contribution is 2.42. The quantitative estimate of drug-likeness (QED) is 0.213. The fraction of sp³-hybridized carbons (Fsp3) is 0.391. The zero-order valence-electron chi connectivity index (χ0n) is 19.8. The van der Waals surface area contributed by atoms with Crippen molar-refractivity contribution in [1.29, 1.82) is 0 Å². The smallest absolute Gasteiger partial charge is 0.405 e. The van der Waals surface area contributed by atoms with Crippen molar-refractivity contribution in [2.24, 2.45) is 5.92 Å². The molecule has 190 valence electrons. The number of carboxylic acid groups (broad SMARTS) is 1. The third-order valence-electron chi connectivity index (χ3n) is 5.18. The first-order valence-electron chi connectivity index (χ1n) is 11.0. The Morgan fingerprint density at radius 3 is 2.23 bits per heavy atom. The Labute approximate surface area is 203 Å². The maximum absolute atomic E-state index is 13.1. The van der Waals surface area contributed by atoms with Crippen molar-refractivity contribution >= 4 is 25.5 Å². The molecule has 1 aromatic carbocycles. The molecule has 2 atom stereocenters. The Balaban J connectivity index is 2.22. The number of benzene rings is 1. The van der Waals surface area contributed by atoms with Crippen molar-refractivity contribution in [1.82, 2.24) is 20.3 Å². The van der Waals surface area contributed by atoms with E-state index in [1.54, 1.807) is 44.4 Å². The summed E-state index contributed by atoms with van der Waals surface area (Å²) in [5.41, 5.74) is 2.44. The Bertz CT molecular complexity index is 1060. The summed E-state index contributed by atoms with van der Waals surface area (Å²) in [6, 6.07) is 8.13. The van der Waals surface area contributed by atoms with Gasteiger partial charge in [0.2, 0.25) is 11.8 Å². The van der Waals surface area contributed by atoms with Crippen LogP contribution in [0, 0.1) is 5.92 Å². The van der Waals surface area contributed by atoms with Crippen molar-refractivity contribution in [3.63, 3.8) is 0 Å². The van der Waals surface area contributed by atoms with Crippen LogP contribution in [0.4, 0.5) is 0 Å². The van der Waals surface area contributed by atoms with Gasteiger partial charge in [0.25, 0.3) is 0 Å². The summed E-state index contributed by atoms with van der Waals surface area (Å²) in [7, 11) is -4.96. The lowest BCUT2D eigenvalue weighted by molar-refractivity contribution is -0.142. The number of nitrogens with zero attached hydrogens (tertiary/aromatic N) is 2. The molecule has 0 spiro atoms. The molecule has 2 amide bonds. The molecule has 2 unspecified atom stereocenters. The number of aliphatic carboxylic acids is 1. The van der Waals surface area contributed by atoms with Crippen LogP contribution in [0.2, 0.25) is 0 Å². The molecule has 2 rings (SSSR count). The van der Waals surface area contributed by atoms with E-state index in [0.717, 1.165) is 11.1 Å². The number of pyridine rings is 1. The van der Waals surface area contributed by atoms with Crippen LogP contribution in [0.1, 0.15) is 32.8 Å². The van der Waals surface area contributed by atoms with Crippen LogP contribution in [-0.4, -0.2) is 61.1 Å². The Morgan fingerprint density at radius 1 is 1.09 bits per heavy atom. The van der Waals surface area contributed by atoms with E-state index in [1.165, 1.54) is 6.92 Å². The summed E-state index contributed by atoms with van der Waals surface area (Å²) in [6.07, 6.45) is 3.36. The van der Waals surface area contributed by atoms with Crippen molar-refractivity contribution < 1.29 is 33.8 Å². The van der Waals surface area contributed by atoms with Crippen molar-refractivity contribution in [3.8, 4) is 11.1 Å². The zero-order valence-corrected chi connectivity index (χ0v) is 20.7. The molecule has 12 heteroatoms. The first-order chi connectivity index (χ1) is 16.4. The molecule has 0 saturated heterocycles. The molecule has 2 aromatic rings. The van der Waals surface area contributed by atoms with Crippen molar-refractivity contribution in [2.75, 3.05) is 6.67 Å². The van der Waals surface area contributed by atoms with Gasteiger partial charge in [0.15, 0.2) is 0 Å².